The molecule has 0 heterocycles. The van der Waals surface area contributed by atoms with Crippen LogP contribution in [0, 0.1) is 11.3 Å². The number of hydrogen-bond acceptors (Lipinski definition) is 5. The van der Waals surface area contributed by atoms with Crippen molar-refractivity contribution in [1.82, 2.24) is 4.90 Å². The quantitative estimate of drug-likeness (QED) is 0.756. The molecule has 0 aromatic heterocycles. The molecule has 0 amide bonds. The summed E-state index contributed by atoms with van der Waals surface area (Å²) < 4.78 is 10.6. The predicted octanol–water partition coefficient (Wildman–Crippen LogP) is 2.52. The van der Waals surface area contributed by atoms with Crippen LogP contribution in [-0.2, 0) is 14.3 Å². The van der Waals surface area contributed by atoms with Crippen molar-refractivity contribution in [3.8, 4) is 6.07 Å². The number of carbonyl (C=O) groups excluding carboxylic acids is 1. The van der Waals surface area contributed by atoms with Gasteiger partial charge in [-0.15, -0.1) is 0 Å². The molecule has 1 atom stereocenters. The number of rotatable bonds is 6. The van der Waals surface area contributed by atoms with Crippen molar-refractivity contribution in [1.29, 1.82) is 5.26 Å². The summed E-state index contributed by atoms with van der Waals surface area (Å²) in [6, 6.07) is 9.31. The van der Waals surface area contributed by atoms with E-state index in [4.69, 9.17) is 14.7 Å². The zero-order chi connectivity index (χ0) is 16.8. The fraction of sp³-hybridized carbons (Fsp3) is 0.529. The summed E-state index contributed by atoms with van der Waals surface area (Å²) >= 11 is 0. The second kappa shape index (κ2) is 7.92. The third-order valence-corrected chi connectivity index (χ3v) is 3.08. The van der Waals surface area contributed by atoms with Gasteiger partial charge in [-0.25, -0.2) is 0 Å². The topological polar surface area (TPSA) is 62.6 Å². The highest BCUT2D eigenvalue weighted by Crippen LogP contribution is 2.20. The first-order chi connectivity index (χ1) is 10.3. The summed E-state index contributed by atoms with van der Waals surface area (Å²) in [7, 11) is 3.48. The molecule has 0 aliphatic carbocycles. The first-order valence-electron chi connectivity index (χ1n) is 7.18. The molecule has 1 aromatic rings. The van der Waals surface area contributed by atoms with Gasteiger partial charge < -0.3 is 9.47 Å². The smallest absolute Gasteiger partial charge is 0.320 e. The van der Waals surface area contributed by atoms with Crippen LogP contribution >= 0.6 is 0 Å². The standard InChI is InChI=1S/C17H24N2O3/c1-17(2,3)22-16(20)11-19(4)15(12-21-5)14-8-6-13(10-18)7-9-14/h6-9,15H,11-12H2,1-5H3/t15-/m0/s1. The van der Waals surface area contributed by atoms with Gasteiger partial charge in [0.25, 0.3) is 0 Å². The number of ether oxygens (including phenoxy) is 2. The van der Waals surface area contributed by atoms with Crippen molar-refractivity contribution in [2.75, 3.05) is 27.3 Å². The molecule has 0 saturated heterocycles. The molecular weight excluding hydrogens is 280 g/mol. The Balaban J connectivity index is 2.80. The Kier molecular flexibility index (Phi) is 6.54. The van der Waals surface area contributed by atoms with Gasteiger partial charge in [0.15, 0.2) is 0 Å². The summed E-state index contributed by atoms with van der Waals surface area (Å²) in [5.41, 5.74) is 1.10. The van der Waals surface area contributed by atoms with Crippen molar-refractivity contribution in [2.24, 2.45) is 0 Å². The third-order valence-electron chi connectivity index (χ3n) is 3.08. The van der Waals surface area contributed by atoms with E-state index in [1.54, 1.807) is 19.2 Å². The van der Waals surface area contributed by atoms with Gasteiger partial charge >= 0.3 is 5.97 Å². The molecule has 0 fully saturated rings. The lowest BCUT2D eigenvalue weighted by Crippen LogP contribution is -2.36. The van der Waals surface area contributed by atoms with E-state index < -0.39 is 5.60 Å². The van der Waals surface area contributed by atoms with E-state index in [2.05, 4.69) is 6.07 Å². The zero-order valence-electron chi connectivity index (χ0n) is 13.9. The number of nitriles is 1. The first-order valence-corrected chi connectivity index (χ1v) is 7.18. The number of esters is 1. The lowest BCUT2D eigenvalue weighted by atomic mass is 10.0. The molecule has 0 aliphatic rings. The Morgan fingerprint density at radius 2 is 1.91 bits per heavy atom. The average Bonchev–Trinajstić information content (AvgIpc) is 2.42. The van der Waals surface area contributed by atoms with E-state index in [0.29, 0.717) is 12.2 Å². The van der Waals surface area contributed by atoms with E-state index in [9.17, 15) is 4.79 Å². The monoisotopic (exact) mass is 304 g/mol. The largest absolute Gasteiger partial charge is 0.459 e. The normalized spacial score (nSPS) is 12.8. The number of nitrogens with zero attached hydrogens (tertiary/aromatic N) is 2. The van der Waals surface area contributed by atoms with Gasteiger partial charge in [-0.3, -0.25) is 9.69 Å². The van der Waals surface area contributed by atoms with Crippen LogP contribution in [0.1, 0.15) is 37.9 Å². The SMILES string of the molecule is COC[C@@H](c1ccc(C#N)cc1)N(C)CC(=O)OC(C)(C)C. The number of methoxy groups -OCH3 is 1. The van der Waals surface area contributed by atoms with Gasteiger partial charge in [0.05, 0.1) is 30.8 Å². The van der Waals surface area contributed by atoms with Gasteiger partial charge in [0.2, 0.25) is 0 Å². The zero-order valence-corrected chi connectivity index (χ0v) is 13.9. The molecule has 1 rings (SSSR count). The van der Waals surface area contributed by atoms with E-state index in [1.165, 1.54) is 0 Å². The number of hydrogen-bond donors (Lipinski definition) is 0. The fourth-order valence-electron chi connectivity index (χ4n) is 2.10. The predicted molar refractivity (Wildman–Crippen MR) is 84.2 cm³/mol. The molecule has 0 bridgehead atoms. The molecule has 0 unspecified atom stereocenters. The molecule has 22 heavy (non-hydrogen) atoms. The maximum Gasteiger partial charge on any atom is 0.320 e. The van der Waals surface area contributed by atoms with Gasteiger partial charge in [0, 0.05) is 7.11 Å². The van der Waals surface area contributed by atoms with Gasteiger partial charge in [-0.2, -0.15) is 5.26 Å². The molecule has 0 N–H and O–H groups in total. The summed E-state index contributed by atoms with van der Waals surface area (Å²) in [6.07, 6.45) is 0. The summed E-state index contributed by atoms with van der Waals surface area (Å²) in [6.45, 7) is 6.16. The Hall–Kier alpha value is -1.90. The van der Waals surface area contributed by atoms with Crippen molar-refractivity contribution in [3.63, 3.8) is 0 Å². The van der Waals surface area contributed by atoms with Crippen LogP contribution in [-0.4, -0.2) is 43.8 Å². The number of carbonyl (C=O) groups is 1. The highest BCUT2D eigenvalue weighted by molar-refractivity contribution is 5.72. The molecule has 5 heteroatoms. The van der Waals surface area contributed by atoms with Gasteiger partial charge in [0.1, 0.15) is 5.60 Å². The number of likely N-dealkylation sites (N-methyl/N-ethyl adjacent to an activating group) is 1. The van der Waals surface area contributed by atoms with Crippen molar-refractivity contribution >= 4 is 5.97 Å². The second-order valence-electron chi connectivity index (χ2n) is 6.21. The Bertz CT molecular complexity index is 526. The van der Waals surface area contributed by atoms with E-state index in [1.807, 2.05) is 44.9 Å². The molecule has 0 saturated carbocycles. The van der Waals surface area contributed by atoms with E-state index in [-0.39, 0.29) is 18.6 Å². The molecule has 120 valence electrons. The average molecular weight is 304 g/mol. The summed E-state index contributed by atoms with van der Waals surface area (Å²) in [5, 5.41) is 8.86. The first kappa shape index (κ1) is 18.1. The summed E-state index contributed by atoms with van der Waals surface area (Å²) in [4.78, 5) is 13.8. The maximum atomic E-state index is 12.0. The van der Waals surface area contributed by atoms with Crippen molar-refractivity contribution in [3.05, 3.63) is 35.4 Å². The molecule has 0 radical (unpaired) electrons. The van der Waals surface area contributed by atoms with E-state index in [0.717, 1.165) is 5.56 Å². The molecule has 0 aliphatic heterocycles. The molecular formula is C17H24N2O3. The van der Waals surface area contributed by atoms with Crippen LogP contribution in [0.5, 0.6) is 0 Å². The summed E-state index contributed by atoms with van der Waals surface area (Å²) in [5.74, 6) is -0.273. The number of benzene rings is 1. The highest BCUT2D eigenvalue weighted by Gasteiger charge is 2.22. The van der Waals surface area contributed by atoms with Crippen LogP contribution < -0.4 is 0 Å². The molecule has 5 nitrogen and oxygen atoms in total. The van der Waals surface area contributed by atoms with Crippen molar-refractivity contribution in [2.45, 2.75) is 32.4 Å². The van der Waals surface area contributed by atoms with Crippen molar-refractivity contribution < 1.29 is 14.3 Å². The van der Waals surface area contributed by atoms with Crippen LogP contribution in [0.15, 0.2) is 24.3 Å². The Morgan fingerprint density at radius 1 is 1.32 bits per heavy atom. The second-order valence-corrected chi connectivity index (χ2v) is 6.21. The minimum absolute atomic E-state index is 0.0785. The minimum atomic E-state index is -0.497. The Labute approximate surface area is 132 Å². The maximum absolute atomic E-state index is 12.0. The van der Waals surface area contributed by atoms with Gasteiger partial charge in [-0.1, -0.05) is 12.1 Å². The van der Waals surface area contributed by atoms with Gasteiger partial charge in [-0.05, 0) is 45.5 Å². The molecule has 1 aromatic carbocycles. The third kappa shape index (κ3) is 5.84. The highest BCUT2D eigenvalue weighted by atomic mass is 16.6. The fourth-order valence-corrected chi connectivity index (χ4v) is 2.10. The lowest BCUT2D eigenvalue weighted by Gasteiger charge is -2.28. The molecule has 0 spiro atoms. The van der Waals surface area contributed by atoms with Crippen LogP contribution in [0.4, 0.5) is 0 Å². The van der Waals surface area contributed by atoms with Crippen LogP contribution in [0.25, 0.3) is 0 Å². The Morgan fingerprint density at radius 3 is 2.36 bits per heavy atom. The lowest BCUT2D eigenvalue weighted by molar-refractivity contribution is -0.156. The van der Waals surface area contributed by atoms with Crippen LogP contribution in [0.2, 0.25) is 0 Å². The minimum Gasteiger partial charge on any atom is -0.459 e. The van der Waals surface area contributed by atoms with Crippen LogP contribution in [0.3, 0.4) is 0 Å². The van der Waals surface area contributed by atoms with E-state index >= 15 is 0 Å².